The number of rotatable bonds is 6. The van der Waals surface area contributed by atoms with E-state index in [1.54, 1.807) is 36.3 Å². The van der Waals surface area contributed by atoms with Gasteiger partial charge in [-0.15, -0.1) is 0 Å². The zero-order valence-electron chi connectivity index (χ0n) is 10.3. The van der Waals surface area contributed by atoms with Gasteiger partial charge in [-0.1, -0.05) is 6.07 Å². The molecule has 4 heteroatoms. The van der Waals surface area contributed by atoms with Gasteiger partial charge in [-0.2, -0.15) is 0 Å². The van der Waals surface area contributed by atoms with Gasteiger partial charge in [-0.25, -0.2) is 0 Å². The maximum absolute atomic E-state index is 12.1. The average Bonchev–Trinajstić information content (AvgIpc) is 2.39. The van der Waals surface area contributed by atoms with Crippen molar-refractivity contribution < 1.29 is 14.6 Å². The molecule has 1 N–H and O–H groups in total. The number of aliphatic hydroxyl groups is 1. The standard InChI is InChI=1S/C13H19NO3/c1-3-14(8-5-9-15)13(16)11-6-4-7-12(10-11)17-2/h4,6-7,10,15H,3,5,8-9H2,1-2H3. The topological polar surface area (TPSA) is 49.8 Å². The Bertz CT molecular complexity index is 365. The number of aliphatic hydroxyl groups excluding tert-OH is 1. The van der Waals surface area contributed by atoms with Crippen LogP contribution in [0.15, 0.2) is 24.3 Å². The van der Waals surface area contributed by atoms with Crippen LogP contribution in [0.25, 0.3) is 0 Å². The molecule has 1 aromatic carbocycles. The SMILES string of the molecule is CCN(CCCO)C(=O)c1cccc(OC)c1. The molecule has 1 rings (SSSR count). The zero-order chi connectivity index (χ0) is 12.7. The van der Waals surface area contributed by atoms with Gasteiger partial charge in [-0.3, -0.25) is 4.79 Å². The first kappa shape index (κ1) is 13.5. The number of carbonyl (C=O) groups excluding carboxylic acids is 1. The maximum atomic E-state index is 12.1. The molecule has 0 fully saturated rings. The first-order valence-corrected chi connectivity index (χ1v) is 5.77. The van der Waals surface area contributed by atoms with Crippen LogP contribution in [0, 0.1) is 0 Å². The molecule has 4 nitrogen and oxygen atoms in total. The van der Waals surface area contributed by atoms with Gasteiger partial charge in [0.1, 0.15) is 5.75 Å². The van der Waals surface area contributed by atoms with Crippen LogP contribution in [0.5, 0.6) is 5.75 Å². The number of benzene rings is 1. The number of methoxy groups -OCH3 is 1. The van der Waals surface area contributed by atoms with E-state index in [9.17, 15) is 4.79 Å². The number of carbonyl (C=O) groups is 1. The maximum Gasteiger partial charge on any atom is 0.253 e. The predicted octanol–water partition coefficient (Wildman–Crippen LogP) is 1.54. The lowest BCUT2D eigenvalue weighted by Gasteiger charge is -2.20. The Labute approximate surface area is 102 Å². The highest BCUT2D eigenvalue weighted by molar-refractivity contribution is 5.94. The second-order valence-electron chi connectivity index (χ2n) is 3.69. The van der Waals surface area contributed by atoms with E-state index in [4.69, 9.17) is 9.84 Å². The highest BCUT2D eigenvalue weighted by Gasteiger charge is 2.13. The monoisotopic (exact) mass is 237 g/mol. The Hall–Kier alpha value is -1.55. The van der Waals surface area contributed by atoms with E-state index in [1.807, 2.05) is 6.92 Å². The van der Waals surface area contributed by atoms with Crippen LogP contribution in [0.4, 0.5) is 0 Å². The van der Waals surface area contributed by atoms with E-state index in [2.05, 4.69) is 0 Å². The fraction of sp³-hybridized carbons (Fsp3) is 0.462. The van der Waals surface area contributed by atoms with Crippen LogP contribution in [0.3, 0.4) is 0 Å². The molecule has 1 amide bonds. The first-order valence-electron chi connectivity index (χ1n) is 5.77. The Morgan fingerprint density at radius 1 is 1.47 bits per heavy atom. The molecule has 0 aliphatic rings. The molecule has 0 spiro atoms. The molecule has 0 bridgehead atoms. The Kier molecular flexibility index (Phi) is 5.49. The minimum atomic E-state index is -0.0279. The summed E-state index contributed by atoms with van der Waals surface area (Å²) in [7, 11) is 1.58. The van der Waals surface area contributed by atoms with Crippen molar-refractivity contribution in [2.24, 2.45) is 0 Å². The molecule has 0 heterocycles. The van der Waals surface area contributed by atoms with E-state index in [1.165, 1.54) is 0 Å². The van der Waals surface area contributed by atoms with Gasteiger partial charge in [0.2, 0.25) is 0 Å². The van der Waals surface area contributed by atoms with E-state index >= 15 is 0 Å². The van der Waals surface area contributed by atoms with Gasteiger partial charge in [0.05, 0.1) is 7.11 Å². The third-order valence-corrected chi connectivity index (χ3v) is 2.57. The largest absolute Gasteiger partial charge is 0.497 e. The van der Waals surface area contributed by atoms with E-state index in [-0.39, 0.29) is 12.5 Å². The van der Waals surface area contributed by atoms with Gasteiger partial charge in [0.25, 0.3) is 5.91 Å². The number of hydrogen-bond acceptors (Lipinski definition) is 3. The fourth-order valence-corrected chi connectivity index (χ4v) is 1.60. The van der Waals surface area contributed by atoms with Crippen LogP contribution in [0.1, 0.15) is 23.7 Å². The lowest BCUT2D eigenvalue weighted by atomic mass is 10.2. The summed E-state index contributed by atoms with van der Waals surface area (Å²) in [6, 6.07) is 7.10. The highest BCUT2D eigenvalue weighted by atomic mass is 16.5. The lowest BCUT2D eigenvalue weighted by Crippen LogP contribution is -2.32. The Morgan fingerprint density at radius 2 is 2.24 bits per heavy atom. The third-order valence-electron chi connectivity index (χ3n) is 2.57. The Balaban J connectivity index is 2.78. The fourth-order valence-electron chi connectivity index (χ4n) is 1.60. The van der Waals surface area contributed by atoms with Gasteiger partial charge >= 0.3 is 0 Å². The summed E-state index contributed by atoms with van der Waals surface area (Å²) in [6.45, 7) is 3.23. The van der Waals surface area contributed by atoms with E-state index in [0.717, 1.165) is 0 Å². The molecule has 0 aromatic heterocycles. The molecule has 0 saturated carbocycles. The van der Waals surface area contributed by atoms with Crippen molar-refractivity contribution in [2.75, 3.05) is 26.8 Å². The quantitative estimate of drug-likeness (QED) is 0.816. The third kappa shape index (κ3) is 3.75. The summed E-state index contributed by atoms with van der Waals surface area (Å²) in [5.41, 5.74) is 0.615. The molecule has 0 aliphatic heterocycles. The second-order valence-corrected chi connectivity index (χ2v) is 3.69. The predicted molar refractivity (Wildman–Crippen MR) is 66.3 cm³/mol. The Morgan fingerprint density at radius 3 is 2.82 bits per heavy atom. The normalized spacial score (nSPS) is 10.1. The van der Waals surface area contributed by atoms with Gasteiger partial charge in [0, 0.05) is 25.3 Å². The second kappa shape index (κ2) is 6.91. The van der Waals surface area contributed by atoms with Crippen LogP contribution < -0.4 is 4.74 Å². The molecule has 0 radical (unpaired) electrons. The van der Waals surface area contributed by atoms with Crippen molar-refractivity contribution in [2.45, 2.75) is 13.3 Å². The van der Waals surface area contributed by atoms with Crippen LogP contribution in [0.2, 0.25) is 0 Å². The van der Waals surface area contributed by atoms with Crippen molar-refractivity contribution in [1.29, 1.82) is 0 Å². The van der Waals surface area contributed by atoms with Gasteiger partial charge in [0.15, 0.2) is 0 Å². The number of ether oxygens (including phenoxy) is 1. The van der Waals surface area contributed by atoms with E-state index in [0.29, 0.717) is 30.8 Å². The van der Waals surface area contributed by atoms with Crippen LogP contribution >= 0.6 is 0 Å². The summed E-state index contributed by atoms with van der Waals surface area (Å²) in [4.78, 5) is 13.9. The van der Waals surface area contributed by atoms with Crippen molar-refractivity contribution in [1.82, 2.24) is 4.90 Å². The van der Waals surface area contributed by atoms with Crippen LogP contribution in [-0.4, -0.2) is 42.7 Å². The average molecular weight is 237 g/mol. The minimum Gasteiger partial charge on any atom is -0.497 e. The lowest BCUT2D eigenvalue weighted by molar-refractivity contribution is 0.0754. The summed E-state index contributed by atoms with van der Waals surface area (Å²) >= 11 is 0. The molecule has 17 heavy (non-hydrogen) atoms. The summed E-state index contributed by atoms with van der Waals surface area (Å²) < 4.78 is 5.09. The van der Waals surface area contributed by atoms with E-state index < -0.39 is 0 Å². The van der Waals surface area contributed by atoms with Gasteiger partial charge < -0.3 is 14.7 Å². The highest BCUT2D eigenvalue weighted by Crippen LogP contribution is 2.14. The molecule has 1 aromatic rings. The molecule has 0 unspecified atom stereocenters. The molecule has 0 aliphatic carbocycles. The number of amides is 1. The summed E-state index contributed by atoms with van der Waals surface area (Å²) in [5.74, 6) is 0.647. The summed E-state index contributed by atoms with van der Waals surface area (Å²) in [5, 5.41) is 8.79. The molecular formula is C13H19NO3. The smallest absolute Gasteiger partial charge is 0.253 e. The molecule has 94 valence electrons. The van der Waals surface area contributed by atoms with Crippen molar-refractivity contribution in [3.05, 3.63) is 29.8 Å². The van der Waals surface area contributed by atoms with Crippen LogP contribution in [-0.2, 0) is 0 Å². The molecular weight excluding hydrogens is 218 g/mol. The number of hydrogen-bond donors (Lipinski definition) is 1. The first-order chi connectivity index (χ1) is 8.22. The van der Waals surface area contributed by atoms with Crippen molar-refractivity contribution in [3.63, 3.8) is 0 Å². The zero-order valence-corrected chi connectivity index (χ0v) is 10.3. The minimum absolute atomic E-state index is 0.0279. The molecule has 0 atom stereocenters. The number of nitrogens with zero attached hydrogens (tertiary/aromatic N) is 1. The van der Waals surface area contributed by atoms with Gasteiger partial charge in [-0.05, 0) is 31.5 Å². The molecule has 0 saturated heterocycles. The summed E-state index contributed by atoms with van der Waals surface area (Å²) in [6.07, 6.45) is 0.601. The van der Waals surface area contributed by atoms with Crippen molar-refractivity contribution >= 4 is 5.91 Å². The van der Waals surface area contributed by atoms with Crippen molar-refractivity contribution in [3.8, 4) is 5.75 Å².